The summed E-state index contributed by atoms with van der Waals surface area (Å²) in [6, 6.07) is 12.4. The lowest BCUT2D eigenvalue weighted by Crippen LogP contribution is -2.38. The molecule has 220 valence electrons. The summed E-state index contributed by atoms with van der Waals surface area (Å²) in [6.07, 6.45) is -0.362. The van der Waals surface area contributed by atoms with Gasteiger partial charge in [-0.3, -0.25) is 14.7 Å². The Labute approximate surface area is 241 Å². The van der Waals surface area contributed by atoms with E-state index >= 15 is 0 Å². The number of ether oxygens (including phenoxy) is 1. The third-order valence-corrected chi connectivity index (χ3v) is 7.36. The van der Waals surface area contributed by atoms with Crippen LogP contribution in [-0.4, -0.2) is 56.7 Å². The maximum absolute atomic E-state index is 13.6. The average molecular weight is 580 g/mol. The quantitative estimate of drug-likeness (QED) is 0.239. The van der Waals surface area contributed by atoms with E-state index in [1.54, 1.807) is 18.2 Å². The van der Waals surface area contributed by atoms with Crippen molar-refractivity contribution in [1.29, 1.82) is 0 Å². The van der Waals surface area contributed by atoms with Gasteiger partial charge < -0.3 is 15.2 Å². The number of hydrogen-bond acceptors (Lipinski definition) is 7. The highest BCUT2D eigenvalue weighted by atomic mass is 19.4. The highest BCUT2D eigenvalue weighted by molar-refractivity contribution is 5.93. The van der Waals surface area contributed by atoms with Crippen LogP contribution in [-0.2, 0) is 16.4 Å². The molecule has 0 spiro atoms. The zero-order chi connectivity index (χ0) is 30.1. The number of nitrogens with zero attached hydrogens (tertiary/aromatic N) is 4. The van der Waals surface area contributed by atoms with Crippen LogP contribution in [0.25, 0.3) is 22.2 Å². The molecule has 1 unspecified atom stereocenters. The Bertz CT molecular complexity index is 1600. The number of nitrogens with one attached hydrogen (secondary N) is 1. The van der Waals surface area contributed by atoms with Gasteiger partial charge in [-0.1, -0.05) is 32.9 Å². The summed E-state index contributed by atoms with van der Waals surface area (Å²) in [6.45, 7) is 7.83. The van der Waals surface area contributed by atoms with Crippen LogP contribution >= 0.6 is 0 Å². The lowest BCUT2D eigenvalue weighted by atomic mass is 9.86. The summed E-state index contributed by atoms with van der Waals surface area (Å²) in [5.74, 6) is 0.354. The average Bonchev–Trinajstić information content (AvgIpc) is 3.41. The minimum Gasteiger partial charge on any atom is -0.492 e. The Morgan fingerprint density at radius 3 is 2.62 bits per heavy atom. The summed E-state index contributed by atoms with van der Waals surface area (Å²) in [5.41, 5.74) is 1.28. The molecule has 8 nitrogen and oxygen atoms in total. The van der Waals surface area contributed by atoms with Gasteiger partial charge in [0.15, 0.2) is 0 Å². The van der Waals surface area contributed by atoms with Crippen LogP contribution in [0.3, 0.4) is 0 Å². The molecule has 0 saturated carbocycles. The third kappa shape index (κ3) is 6.30. The number of carbonyl (C=O) groups is 1. The molecule has 4 aromatic rings. The van der Waals surface area contributed by atoms with E-state index in [2.05, 4.69) is 41.0 Å². The number of likely N-dealkylation sites (tertiary alicyclic amines) is 1. The van der Waals surface area contributed by atoms with Crippen LogP contribution in [0.15, 0.2) is 61.1 Å². The highest BCUT2D eigenvalue weighted by Crippen LogP contribution is 2.38. The van der Waals surface area contributed by atoms with Gasteiger partial charge in [-0.05, 0) is 60.7 Å². The zero-order valence-corrected chi connectivity index (χ0v) is 23.6. The van der Waals surface area contributed by atoms with Crippen molar-refractivity contribution in [3.8, 4) is 17.0 Å². The molecule has 2 N–H and O–H groups in total. The second-order valence-corrected chi connectivity index (χ2v) is 11.3. The molecule has 0 bridgehead atoms. The van der Waals surface area contributed by atoms with Gasteiger partial charge in [0.1, 0.15) is 30.5 Å². The van der Waals surface area contributed by atoms with E-state index in [0.29, 0.717) is 53.3 Å². The Balaban J connectivity index is 1.40. The lowest BCUT2D eigenvalue weighted by Gasteiger charge is -2.25. The molecule has 5 rings (SSSR count). The number of aliphatic carboxylic acids is 1. The van der Waals surface area contributed by atoms with Gasteiger partial charge in [0.05, 0.1) is 16.8 Å². The van der Waals surface area contributed by atoms with E-state index < -0.39 is 23.8 Å². The minimum atomic E-state index is -4.54. The first-order valence-electron chi connectivity index (χ1n) is 13.7. The van der Waals surface area contributed by atoms with Crippen LogP contribution in [0.4, 0.5) is 24.7 Å². The van der Waals surface area contributed by atoms with Crippen molar-refractivity contribution in [2.75, 3.05) is 25.0 Å². The monoisotopic (exact) mass is 579 g/mol. The van der Waals surface area contributed by atoms with Gasteiger partial charge in [0.2, 0.25) is 0 Å². The normalized spacial score (nSPS) is 16.1. The molecule has 0 amide bonds. The number of aromatic nitrogens is 3. The Kier molecular flexibility index (Phi) is 8.05. The van der Waals surface area contributed by atoms with Gasteiger partial charge in [-0.2, -0.15) is 13.2 Å². The molecule has 3 heterocycles. The number of carboxylic acid groups (broad SMARTS) is 1. The molecule has 1 saturated heterocycles. The van der Waals surface area contributed by atoms with Crippen LogP contribution in [0.2, 0.25) is 0 Å². The first-order valence-corrected chi connectivity index (χ1v) is 13.7. The number of anilines is 2. The van der Waals surface area contributed by atoms with Gasteiger partial charge >= 0.3 is 12.1 Å². The highest BCUT2D eigenvalue weighted by Gasteiger charge is 2.34. The maximum Gasteiger partial charge on any atom is 0.418 e. The van der Waals surface area contributed by atoms with E-state index in [9.17, 15) is 23.1 Å². The molecule has 2 aromatic heterocycles. The maximum atomic E-state index is 13.6. The number of alkyl halides is 3. The first-order chi connectivity index (χ1) is 19.9. The first kappa shape index (κ1) is 29.2. The van der Waals surface area contributed by atoms with E-state index in [1.807, 2.05) is 23.1 Å². The minimum absolute atomic E-state index is 0.164. The van der Waals surface area contributed by atoms with Crippen LogP contribution in [0, 0.1) is 0 Å². The molecule has 1 aliphatic rings. The number of carboxylic acids is 1. The molecule has 42 heavy (non-hydrogen) atoms. The number of benzene rings is 2. The van der Waals surface area contributed by atoms with Crippen molar-refractivity contribution in [2.45, 2.75) is 51.2 Å². The number of pyridine rings is 1. The summed E-state index contributed by atoms with van der Waals surface area (Å²) in [7, 11) is 0. The largest absolute Gasteiger partial charge is 0.492 e. The summed E-state index contributed by atoms with van der Waals surface area (Å²) < 4.78 is 47.0. The fourth-order valence-corrected chi connectivity index (χ4v) is 5.29. The summed E-state index contributed by atoms with van der Waals surface area (Å²) in [5, 5.41) is 13.4. The van der Waals surface area contributed by atoms with Gasteiger partial charge in [-0.25, -0.2) is 9.97 Å². The van der Waals surface area contributed by atoms with E-state index in [1.165, 1.54) is 18.6 Å². The van der Waals surface area contributed by atoms with Gasteiger partial charge in [-0.15, -0.1) is 0 Å². The molecule has 0 radical (unpaired) electrons. The standard InChI is InChI=1S/C31H32F3N5O3/c1-30(2,3)22-11-9-20(17-26(22)42-15-14-39-13-5-7-25(39)29(40)41)38-28-21-10-8-19(16-24(21)36-18-37-28)27-23(31(32,33)34)6-4-12-35-27/h4,6,8-12,16-18,25H,5,7,13-15H2,1-3H3,(H,40,41)(H,36,37,38). The molecular weight excluding hydrogens is 547 g/mol. The van der Waals surface area contributed by atoms with Crippen molar-refractivity contribution in [3.05, 3.63) is 72.2 Å². The molecule has 11 heteroatoms. The van der Waals surface area contributed by atoms with Crippen LogP contribution < -0.4 is 10.1 Å². The molecule has 2 aromatic carbocycles. The second kappa shape index (κ2) is 11.6. The number of fused-ring (bicyclic) bond motifs is 1. The molecule has 1 fully saturated rings. The van der Waals surface area contributed by atoms with E-state index in [4.69, 9.17) is 4.74 Å². The predicted molar refractivity (Wildman–Crippen MR) is 154 cm³/mol. The predicted octanol–water partition coefficient (Wildman–Crippen LogP) is 6.68. The summed E-state index contributed by atoms with van der Waals surface area (Å²) >= 11 is 0. The zero-order valence-electron chi connectivity index (χ0n) is 23.6. The second-order valence-electron chi connectivity index (χ2n) is 11.3. The fourth-order valence-electron chi connectivity index (χ4n) is 5.29. The summed E-state index contributed by atoms with van der Waals surface area (Å²) in [4.78, 5) is 26.1. The molecule has 1 atom stereocenters. The Morgan fingerprint density at radius 1 is 1.07 bits per heavy atom. The van der Waals surface area contributed by atoms with Crippen LogP contribution in [0.1, 0.15) is 44.7 Å². The molecule has 0 aliphatic carbocycles. The number of rotatable bonds is 8. The van der Waals surface area contributed by atoms with Crippen molar-refractivity contribution in [3.63, 3.8) is 0 Å². The van der Waals surface area contributed by atoms with E-state index in [0.717, 1.165) is 24.6 Å². The topological polar surface area (TPSA) is 100 Å². The van der Waals surface area contributed by atoms with E-state index in [-0.39, 0.29) is 11.1 Å². The lowest BCUT2D eigenvalue weighted by molar-refractivity contribution is -0.142. The van der Waals surface area contributed by atoms with Crippen LogP contribution in [0.5, 0.6) is 5.75 Å². The smallest absolute Gasteiger partial charge is 0.418 e. The van der Waals surface area contributed by atoms with Gasteiger partial charge in [0, 0.05) is 35.4 Å². The van der Waals surface area contributed by atoms with Gasteiger partial charge in [0.25, 0.3) is 0 Å². The van der Waals surface area contributed by atoms with Crippen molar-refractivity contribution < 1.29 is 27.8 Å². The Morgan fingerprint density at radius 2 is 1.88 bits per heavy atom. The number of halogens is 3. The number of hydrogen-bond donors (Lipinski definition) is 2. The SMILES string of the molecule is CC(C)(C)c1ccc(Nc2ncnc3cc(-c4ncccc4C(F)(F)F)ccc23)cc1OCCN1CCCC1C(=O)O. The van der Waals surface area contributed by atoms with Crippen molar-refractivity contribution >= 4 is 28.4 Å². The van der Waals surface area contributed by atoms with Crippen molar-refractivity contribution in [1.82, 2.24) is 19.9 Å². The molecular formula is C31H32F3N5O3. The molecule has 1 aliphatic heterocycles. The Hall–Kier alpha value is -4.25. The van der Waals surface area contributed by atoms with Crippen molar-refractivity contribution in [2.24, 2.45) is 0 Å². The fraction of sp³-hybridized carbons (Fsp3) is 0.355. The third-order valence-electron chi connectivity index (χ3n) is 7.36.